The van der Waals surface area contributed by atoms with E-state index in [0.717, 1.165) is 0 Å². The van der Waals surface area contributed by atoms with Crippen LogP contribution in [-0.2, 0) is 4.79 Å². The van der Waals surface area contributed by atoms with Crippen LogP contribution < -0.4 is 16.3 Å². The second-order valence-electron chi connectivity index (χ2n) is 6.17. The van der Waals surface area contributed by atoms with Gasteiger partial charge in [-0.1, -0.05) is 19.9 Å². The molecular formula is C19H18N2O4S. The largest absolute Gasteiger partial charge is 0.423 e. The number of anilines is 1. The lowest BCUT2D eigenvalue weighted by Gasteiger charge is -2.21. The summed E-state index contributed by atoms with van der Waals surface area (Å²) in [5.74, 6) is -0.659. The van der Waals surface area contributed by atoms with Crippen LogP contribution in [0.4, 0.5) is 5.69 Å². The van der Waals surface area contributed by atoms with Crippen molar-refractivity contribution in [2.24, 2.45) is 5.92 Å². The Balaban J connectivity index is 1.76. The third-order valence-electron chi connectivity index (χ3n) is 3.87. The van der Waals surface area contributed by atoms with E-state index in [0.29, 0.717) is 21.5 Å². The SMILES string of the molecule is CC(C)[C@@H](NC(=O)c1cccs1)C(=O)Nc1ccc2oc(=O)ccc2c1. The van der Waals surface area contributed by atoms with Gasteiger partial charge in [0.2, 0.25) is 5.91 Å². The third-order valence-corrected chi connectivity index (χ3v) is 4.74. The van der Waals surface area contributed by atoms with Crippen LogP contribution in [-0.4, -0.2) is 17.9 Å². The van der Waals surface area contributed by atoms with Gasteiger partial charge in [-0.25, -0.2) is 4.79 Å². The molecule has 2 N–H and O–H groups in total. The third kappa shape index (κ3) is 4.00. The highest BCUT2D eigenvalue weighted by Crippen LogP contribution is 2.18. The highest BCUT2D eigenvalue weighted by molar-refractivity contribution is 7.12. The van der Waals surface area contributed by atoms with E-state index in [1.165, 1.54) is 17.4 Å². The van der Waals surface area contributed by atoms with Gasteiger partial charge in [-0.3, -0.25) is 9.59 Å². The summed E-state index contributed by atoms with van der Waals surface area (Å²) in [4.78, 5) is 36.7. The van der Waals surface area contributed by atoms with Gasteiger partial charge >= 0.3 is 5.63 Å². The molecule has 2 heterocycles. The van der Waals surface area contributed by atoms with Crippen molar-refractivity contribution < 1.29 is 14.0 Å². The number of nitrogens with one attached hydrogen (secondary N) is 2. The lowest BCUT2D eigenvalue weighted by atomic mass is 10.0. The zero-order chi connectivity index (χ0) is 18.7. The predicted octanol–water partition coefficient (Wildman–Crippen LogP) is 3.25. The van der Waals surface area contributed by atoms with Crippen LogP contribution in [0.2, 0.25) is 0 Å². The first-order chi connectivity index (χ1) is 12.4. The first-order valence-electron chi connectivity index (χ1n) is 8.13. The fourth-order valence-corrected chi connectivity index (χ4v) is 3.15. The van der Waals surface area contributed by atoms with E-state index in [1.54, 1.807) is 36.4 Å². The van der Waals surface area contributed by atoms with Crippen molar-refractivity contribution >= 4 is 39.8 Å². The molecule has 1 atom stereocenters. The first-order valence-corrected chi connectivity index (χ1v) is 9.01. The molecule has 1 aromatic carbocycles. The fourth-order valence-electron chi connectivity index (χ4n) is 2.52. The van der Waals surface area contributed by atoms with Gasteiger partial charge in [-0.2, -0.15) is 0 Å². The van der Waals surface area contributed by atoms with Crippen molar-refractivity contribution in [2.45, 2.75) is 19.9 Å². The Morgan fingerprint density at radius 3 is 2.62 bits per heavy atom. The first kappa shape index (κ1) is 17.9. The van der Waals surface area contributed by atoms with E-state index in [9.17, 15) is 14.4 Å². The van der Waals surface area contributed by atoms with Gasteiger partial charge in [0.1, 0.15) is 11.6 Å². The lowest BCUT2D eigenvalue weighted by Crippen LogP contribution is -2.46. The predicted molar refractivity (Wildman–Crippen MR) is 102 cm³/mol. The van der Waals surface area contributed by atoms with Crippen molar-refractivity contribution in [1.29, 1.82) is 0 Å². The Labute approximate surface area is 153 Å². The van der Waals surface area contributed by atoms with Crippen molar-refractivity contribution in [1.82, 2.24) is 5.32 Å². The Kier molecular flexibility index (Phi) is 5.18. The Morgan fingerprint density at radius 2 is 1.92 bits per heavy atom. The smallest absolute Gasteiger partial charge is 0.336 e. The van der Waals surface area contributed by atoms with Crippen molar-refractivity contribution in [3.05, 3.63) is 63.1 Å². The summed E-state index contributed by atoms with van der Waals surface area (Å²) in [7, 11) is 0. The lowest BCUT2D eigenvalue weighted by molar-refractivity contribution is -0.118. The molecule has 6 nitrogen and oxygen atoms in total. The average molecular weight is 370 g/mol. The molecule has 0 radical (unpaired) electrons. The zero-order valence-corrected chi connectivity index (χ0v) is 15.1. The molecule has 26 heavy (non-hydrogen) atoms. The van der Waals surface area contributed by atoms with E-state index in [-0.39, 0.29) is 17.7 Å². The minimum Gasteiger partial charge on any atom is -0.423 e. The summed E-state index contributed by atoms with van der Waals surface area (Å²) >= 11 is 1.32. The van der Waals surface area contributed by atoms with Crippen molar-refractivity contribution in [3.8, 4) is 0 Å². The second kappa shape index (κ2) is 7.53. The number of hydrogen-bond acceptors (Lipinski definition) is 5. The van der Waals surface area contributed by atoms with Gasteiger partial charge in [-0.05, 0) is 41.6 Å². The molecule has 0 bridgehead atoms. The molecule has 134 valence electrons. The normalized spacial score (nSPS) is 12.1. The van der Waals surface area contributed by atoms with Crippen LogP contribution >= 0.6 is 11.3 Å². The quantitative estimate of drug-likeness (QED) is 0.675. The maximum absolute atomic E-state index is 12.7. The number of carbonyl (C=O) groups is 2. The molecule has 0 saturated carbocycles. The van der Waals surface area contributed by atoms with Crippen LogP contribution in [0.1, 0.15) is 23.5 Å². The summed E-state index contributed by atoms with van der Waals surface area (Å²) < 4.78 is 5.08. The molecule has 2 aromatic heterocycles. The standard InChI is InChI=1S/C19H18N2O4S/c1-11(2)17(21-18(23)15-4-3-9-26-15)19(24)20-13-6-7-14-12(10-13)5-8-16(22)25-14/h3-11,17H,1-2H3,(H,20,24)(H,21,23)/t17-/m1/s1. The second-order valence-corrected chi connectivity index (χ2v) is 7.12. The van der Waals surface area contributed by atoms with Crippen molar-refractivity contribution in [3.63, 3.8) is 0 Å². The molecule has 3 rings (SSSR count). The van der Waals surface area contributed by atoms with Crippen LogP contribution in [0.15, 0.2) is 57.1 Å². The summed E-state index contributed by atoms with van der Waals surface area (Å²) in [6.07, 6.45) is 0. The number of thiophene rings is 1. The van der Waals surface area contributed by atoms with Crippen molar-refractivity contribution in [2.75, 3.05) is 5.32 Å². The average Bonchev–Trinajstić information content (AvgIpc) is 3.14. The van der Waals surface area contributed by atoms with E-state index in [1.807, 2.05) is 19.2 Å². The van der Waals surface area contributed by atoms with E-state index in [4.69, 9.17) is 4.42 Å². The summed E-state index contributed by atoms with van der Waals surface area (Å²) in [6, 6.07) is 10.8. The van der Waals surface area contributed by atoms with Crippen LogP contribution in [0.3, 0.4) is 0 Å². The van der Waals surface area contributed by atoms with Gasteiger partial charge in [0.25, 0.3) is 5.91 Å². The number of fused-ring (bicyclic) bond motifs is 1. The Morgan fingerprint density at radius 1 is 1.12 bits per heavy atom. The van der Waals surface area contributed by atoms with Crippen LogP contribution in [0.5, 0.6) is 0 Å². The van der Waals surface area contributed by atoms with Gasteiger partial charge in [0.05, 0.1) is 4.88 Å². The fraction of sp³-hybridized carbons (Fsp3) is 0.211. The van der Waals surface area contributed by atoms with E-state index in [2.05, 4.69) is 10.6 Å². The number of amides is 2. The topological polar surface area (TPSA) is 88.4 Å². The van der Waals surface area contributed by atoms with Gasteiger partial charge in [-0.15, -0.1) is 11.3 Å². The molecular weight excluding hydrogens is 352 g/mol. The Hall–Kier alpha value is -2.93. The maximum atomic E-state index is 12.7. The summed E-state index contributed by atoms with van der Waals surface area (Å²) in [5.41, 5.74) is 0.583. The van der Waals surface area contributed by atoms with Gasteiger partial charge in [0.15, 0.2) is 0 Å². The molecule has 0 aliphatic carbocycles. The molecule has 7 heteroatoms. The number of benzene rings is 1. The van der Waals surface area contributed by atoms with Gasteiger partial charge < -0.3 is 15.1 Å². The number of hydrogen-bond donors (Lipinski definition) is 2. The summed E-state index contributed by atoms with van der Waals surface area (Å²) in [5, 5.41) is 8.11. The zero-order valence-electron chi connectivity index (χ0n) is 14.3. The minimum absolute atomic E-state index is 0.0857. The number of carbonyl (C=O) groups excluding carboxylic acids is 2. The monoisotopic (exact) mass is 370 g/mol. The Bertz CT molecular complexity index is 992. The minimum atomic E-state index is -0.672. The van der Waals surface area contributed by atoms with Crippen LogP contribution in [0, 0.1) is 5.92 Å². The highest BCUT2D eigenvalue weighted by Gasteiger charge is 2.25. The summed E-state index contributed by atoms with van der Waals surface area (Å²) in [6.45, 7) is 3.74. The molecule has 0 saturated heterocycles. The molecule has 3 aromatic rings. The molecule has 2 amide bonds. The van der Waals surface area contributed by atoms with Gasteiger partial charge in [0, 0.05) is 17.1 Å². The van der Waals surface area contributed by atoms with E-state index >= 15 is 0 Å². The molecule has 0 fully saturated rings. The van der Waals surface area contributed by atoms with Crippen LogP contribution in [0.25, 0.3) is 11.0 Å². The number of rotatable bonds is 5. The highest BCUT2D eigenvalue weighted by atomic mass is 32.1. The molecule has 0 unspecified atom stereocenters. The molecule has 0 aliphatic rings. The molecule has 0 spiro atoms. The van der Waals surface area contributed by atoms with E-state index < -0.39 is 11.7 Å². The maximum Gasteiger partial charge on any atom is 0.336 e. The molecule has 0 aliphatic heterocycles.